The average Bonchev–Trinajstić information content (AvgIpc) is 2.82. The highest BCUT2D eigenvalue weighted by Crippen LogP contribution is 2.20. The van der Waals surface area contributed by atoms with E-state index in [1.54, 1.807) is 17.2 Å². The normalized spacial score (nSPS) is 15.9. The topological polar surface area (TPSA) is 97.2 Å². The molecular weight excluding hydrogens is 406 g/mol. The first-order valence-electron chi connectivity index (χ1n) is 10.6. The first-order chi connectivity index (χ1) is 15.5. The molecule has 1 saturated heterocycles. The van der Waals surface area contributed by atoms with Crippen LogP contribution >= 0.6 is 0 Å². The van der Waals surface area contributed by atoms with Crippen LogP contribution in [0.4, 0.5) is 5.82 Å². The molecule has 1 N–H and O–H groups in total. The lowest BCUT2D eigenvalue weighted by Gasteiger charge is -2.32. The van der Waals surface area contributed by atoms with Gasteiger partial charge in [0.05, 0.1) is 11.6 Å². The zero-order chi connectivity index (χ0) is 22.5. The van der Waals surface area contributed by atoms with Crippen molar-refractivity contribution in [2.75, 3.05) is 18.4 Å². The summed E-state index contributed by atoms with van der Waals surface area (Å²) in [7, 11) is 0. The van der Waals surface area contributed by atoms with Crippen molar-refractivity contribution in [3.63, 3.8) is 0 Å². The van der Waals surface area contributed by atoms with Crippen LogP contribution in [0.3, 0.4) is 0 Å². The van der Waals surface area contributed by atoms with Crippen molar-refractivity contribution in [2.45, 2.75) is 26.3 Å². The number of benzene rings is 1. The fourth-order valence-electron chi connectivity index (χ4n) is 3.81. The minimum absolute atomic E-state index is 0.148. The third-order valence-electron chi connectivity index (χ3n) is 5.62. The summed E-state index contributed by atoms with van der Waals surface area (Å²) in [5.74, 6) is -0.161. The van der Waals surface area contributed by atoms with Crippen LogP contribution in [-0.4, -0.2) is 44.6 Å². The van der Waals surface area contributed by atoms with Gasteiger partial charge in [0.2, 0.25) is 11.8 Å². The molecule has 1 fully saturated rings. The SMILES string of the molecule is Cc1cccnc1NC(=O)C1CCCN(C(=O)Cn2nc(-c3ccccc3)ccc2=O)C1. The number of piperidine rings is 1. The van der Waals surface area contributed by atoms with Gasteiger partial charge in [0.15, 0.2) is 0 Å². The van der Waals surface area contributed by atoms with Crippen LogP contribution in [0.1, 0.15) is 18.4 Å². The van der Waals surface area contributed by atoms with Gasteiger partial charge in [0.1, 0.15) is 12.4 Å². The van der Waals surface area contributed by atoms with Crippen molar-refractivity contribution in [3.05, 3.63) is 76.7 Å². The van der Waals surface area contributed by atoms with Gasteiger partial charge in [-0.3, -0.25) is 14.4 Å². The van der Waals surface area contributed by atoms with E-state index in [1.165, 1.54) is 10.7 Å². The number of hydrogen-bond acceptors (Lipinski definition) is 5. The number of rotatable bonds is 5. The van der Waals surface area contributed by atoms with Crippen LogP contribution in [0.5, 0.6) is 0 Å². The van der Waals surface area contributed by atoms with Crippen LogP contribution in [0.15, 0.2) is 65.6 Å². The number of aryl methyl sites for hydroxylation is 1. The molecule has 3 aromatic rings. The number of carbonyl (C=O) groups excluding carboxylic acids is 2. The Bertz CT molecular complexity index is 1180. The summed E-state index contributed by atoms with van der Waals surface area (Å²) in [4.78, 5) is 43.8. The molecule has 164 valence electrons. The second-order valence-corrected chi connectivity index (χ2v) is 7.92. The summed E-state index contributed by atoms with van der Waals surface area (Å²) in [5.41, 5.74) is 2.04. The monoisotopic (exact) mass is 431 g/mol. The molecule has 1 aliphatic rings. The van der Waals surface area contributed by atoms with Crippen LogP contribution in [-0.2, 0) is 16.1 Å². The van der Waals surface area contributed by atoms with Crippen LogP contribution in [0.25, 0.3) is 11.3 Å². The number of amides is 2. The number of anilines is 1. The van der Waals surface area contributed by atoms with E-state index in [9.17, 15) is 14.4 Å². The number of carbonyl (C=O) groups is 2. The van der Waals surface area contributed by atoms with Crippen molar-refractivity contribution in [2.24, 2.45) is 5.92 Å². The molecule has 0 bridgehead atoms. The van der Waals surface area contributed by atoms with Gasteiger partial charge in [-0.2, -0.15) is 5.10 Å². The van der Waals surface area contributed by atoms with E-state index in [1.807, 2.05) is 49.4 Å². The van der Waals surface area contributed by atoms with Crippen molar-refractivity contribution >= 4 is 17.6 Å². The lowest BCUT2D eigenvalue weighted by Crippen LogP contribution is -2.46. The molecule has 0 spiro atoms. The highest BCUT2D eigenvalue weighted by Gasteiger charge is 2.29. The Balaban J connectivity index is 1.43. The maximum Gasteiger partial charge on any atom is 0.267 e. The standard InChI is InChI=1S/C24H25N5O3/c1-17-7-5-13-25-23(17)26-24(32)19-10-6-14-28(15-19)22(31)16-29-21(30)12-11-20(27-29)18-8-3-2-4-9-18/h2-5,7-9,11-13,19H,6,10,14-16H2,1H3,(H,25,26,32). The third-order valence-corrected chi connectivity index (χ3v) is 5.62. The molecule has 3 heterocycles. The molecule has 1 aromatic carbocycles. The maximum absolute atomic E-state index is 12.9. The second kappa shape index (κ2) is 9.55. The van der Waals surface area contributed by atoms with Gasteiger partial charge < -0.3 is 10.2 Å². The number of nitrogens with one attached hydrogen (secondary N) is 1. The predicted octanol–water partition coefficient (Wildman–Crippen LogP) is 2.49. The second-order valence-electron chi connectivity index (χ2n) is 7.92. The van der Waals surface area contributed by atoms with Crippen molar-refractivity contribution in [1.82, 2.24) is 19.7 Å². The number of pyridine rings is 1. The molecule has 1 atom stereocenters. The smallest absolute Gasteiger partial charge is 0.267 e. The number of likely N-dealkylation sites (tertiary alicyclic amines) is 1. The van der Waals surface area contributed by atoms with Crippen molar-refractivity contribution in [3.8, 4) is 11.3 Å². The fourth-order valence-corrected chi connectivity index (χ4v) is 3.81. The van der Waals surface area contributed by atoms with Crippen LogP contribution < -0.4 is 10.9 Å². The molecule has 0 radical (unpaired) electrons. The summed E-state index contributed by atoms with van der Waals surface area (Å²) in [6.07, 6.45) is 3.05. The lowest BCUT2D eigenvalue weighted by molar-refractivity contribution is -0.135. The summed E-state index contributed by atoms with van der Waals surface area (Å²) in [5, 5.41) is 7.23. The Morgan fingerprint density at radius 3 is 2.69 bits per heavy atom. The van der Waals surface area contributed by atoms with Gasteiger partial charge in [-0.05, 0) is 37.5 Å². The Hall–Kier alpha value is -3.81. The van der Waals surface area contributed by atoms with E-state index in [2.05, 4.69) is 15.4 Å². The molecular formula is C24H25N5O3. The predicted molar refractivity (Wildman–Crippen MR) is 121 cm³/mol. The molecule has 2 aromatic heterocycles. The number of aromatic nitrogens is 3. The maximum atomic E-state index is 12.9. The van der Waals surface area contributed by atoms with E-state index < -0.39 is 0 Å². The van der Waals surface area contributed by atoms with Gasteiger partial charge in [-0.25, -0.2) is 9.67 Å². The first kappa shape index (κ1) is 21.4. The quantitative estimate of drug-likeness (QED) is 0.669. The minimum atomic E-state index is -0.338. The van der Waals surface area contributed by atoms with Gasteiger partial charge in [0, 0.05) is 30.9 Å². The molecule has 8 nitrogen and oxygen atoms in total. The fraction of sp³-hybridized carbons (Fsp3) is 0.292. The van der Waals surface area contributed by atoms with Crippen LogP contribution in [0, 0.1) is 12.8 Å². The molecule has 32 heavy (non-hydrogen) atoms. The molecule has 0 aliphatic carbocycles. The minimum Gasteiger partial charge on any atom is -0.340 e. The zero-order valence-electron chi connectivity index (χ0n) is 17.9. The Morgan fingerprint density at radius 1 is 1.09 bits per heavy atom. The van der Waals surface area contributed by atoms with Crippen LogP contribution in [0.2, 0.25) is 0 Å². The molecule has 1 aliphatic heterocycles. The van der Waals surface area contributed by atoms with E-state index in [0.29, 0.717) is 31.0 Å². The molecule has 0 saturated carbocycles. The van der Waals surface area contributed by atoms with Gasteiger partial charge in [-0.15, -0.1) is 0 Å². The molecule has 1 unspecified atom stereocenters. The third kappa shape index (κ3) is 4.91. The van der Waals surface area contributed by atoms with Gasteiger partial charge in [0.25, 0.3) is 5.56 Å². The molecule has 4 rings (SSSR count). The van der Waals surface area contributed by atoms with Crippen molar-refractivity contribution < 1.29 is 9.59 Å². The summed E-state index contributed by atoms with van der Waals surface area (Å²) < 4.78 is 1.19. The molecule has 8 heteroatoms. The first-order valence-corrected chi connectivity index (χ1v) is 10.6. The lowest BCUT2D eigenvalue weighted by atomic mass is 9.97. The average molecular weight is 431 g/mol. The largest absolute Gasteiger partial charge is 0.340 e. The van der Waals surface area contributed by atoms with Gasteiger partial charge >= 0.3 is 0 Å². The Morgan fingerprint density at radius 2 is 1.91 bits per heavy atom. The number of hydrogen-bond donors (Lipinski definition) is 1. The summed E-state index contributed by atoms with van der Waals surface area (Å²) in [6, 6.07) is 16.3. The Labute approximate surface area is 185 Å². The van der Waals surface area contributed by atoms with E-state index >= 15 is 0 Å². The summed E-state index contributed by atoms with van der Waals surface area (Å²) in [6.45, 7) is 2.59. The number of nitrogens with zero attached hydrogens (tertiary/aromatic N) is 4. The van der Waals surface area contributed by atoms with E-state index in [0.717, 1.165) is 17.5 Å². The molecule has 2 amide bonds. The van der Waals surface area contributed by atoms with Gasteiger partial charge in [-0.1, -0.05) is 36.4 Å². The highest BCUT2D eigenvalue weighted by atomic mass is 16.2. The summed E-state index contributed by atoms with van der Waals surface area (Å²) >= 11 is 0. The highest BCUT2D eigenvalue weighted by molar-refractivity contribution is 5.93. The zero-order valence-corrected chi connectivity index (χ0v) is 17.9. The van der Waals surface area contributed by atoms with Crippen molar-refractivity contribution in [1.29, 1.82) is 0 Å². The van der Waals surface area contributed by atoms with E-state index in [4.69, 9.17) is 0 Å². The Kier molecular flexibility index (Phi) is 6.39. The van der Waals surface area contributed by atoms with E-state index in [-0.39, 0.29) is 29.8 Å².